The maximum absolute atomic E-state index is 13.7. The van der Waals surface area contributed by atoms with E-state index >= 15 is 0 Å². The van der Waals surface area contributed by atoms with Crippen LogP contribution >= 0.6 is 11.6 Å². The van der Waals surface area contributed by atoms with Crippen molar-refractivity contribution in [3.05, 3.63) is 76.3 Å². The Bertz CT molecular complexity index is 1010. The third-order valence-corrected chi connectivity index (χ3v) is 3.82. The molecule has 0 spiro atoms. The van der Waals surface area contributed by atoms with Crippen LogP contribution in [-0.2, 0) is 6.73 Å². The van der Waals surface area contributed by atoms with Crippen LogP contribution in [0.15, 0.2) is 36.5 Å². The predicted octanol–water partition coefficient (Wildman–Crippen LogP) is 4.52. The van der Waals surface area contributed by atoms with Crippen molar-refractivity contribution in [3.8, 4) is 5.75 Å². The quantitative estimate of drug-likeness (QED) is 0.377. The first kappa shape index (κ1) is 19.6. The highest BCUT2D eigenvalue weighted by Gasteiger charge is 2.27. The molecule has 1 aromatic heterocycles. The second kappa shape index (κ2) is 7.85. The highest BCUT2D eigenvalue weighted by molar-refractivity contribution is 6.30. The summed E-state index contributed by atoms with van der Waals surface area (Å²) in [6, 6.07) is 7.42. The molecule has 0 aliphatic rings. The van der Waals surface area contributed by atoms with Crippen LogP contribution in [0.5, 0.6) is 5.75 Å². The lowest BCUT2D eigenvalue weighted by molar-refractivity contribution is 0.100. The minimum atomic E-state index is -2.32. The van der Waals surface area contributed by atoms with E-state index in [4.69, 9.17) is 16.3 Å². The average Bonchev–Trinajstić information content (AvgIpc) is 3.16. The van der Waals surface area contributed by atoms with E-state index in [2.05, 4.69) is 5.10 Å². The fourth-order valence-corrected chi connectivity index (χ4v) is 2.31. The van der Waals surface area contributed by atoms with Crippen molar-refractivity contribution in [2.24, 2.45) is 0 Å². The van der Waals surface area contributed by atoms with Crippen molar-refractivity contribution in [1.82, 2.24) is 9.78 Å². The Morgan fingerprint density at radius 1 is 0.964 bits per heavy atom. The molecule has 0 fully saturated rings. The standard InChI is InChI=1S/C17H9ClF5N3O2/c18-8-1-3-9(4-2-8)28-7-26-10(5-6-24-26)17(27)25-16-14(22)12(20)11(19)13(21)15(16)23/h1-6H,7H2,(H,25,27). The Morgan fingerprint density at radius 2 is 1.54 bits per heavy atom. The number of anilines is 1. The van der Waals surface area contributed by atoms with Crippen LogP contribution in [0.1, 0.15) is 10.5 Å². The lowest BCUT2D eigenvalue weighted by atomic mass is 10.2. The number of aromatic nitrogens is 2. The lowest BCUT2D eigenvalue weighted by Crippen LogP contribution is -2.21. The Labute approximate surface area is 159 Å². The number of hydrogen-bond donors (Lipinski definition) is 1. The number of halogens is 6. The Hall–Kier alpha value is -3.14. The van der Waals surface area contributed by atoms with Crippen molar-refractivity contribution in [3.63, 3.8) is 0 Å². The van der Waals surface area contributed by atoms with E-state index < -0.39 is 40.7 Å². The molecule has 5 nitrogen and oxygen atoms in total. The van der Waals surface area contributed by atoms with Crippen molar-refractivity contribution in [2.45, 2.75) is 6.73 Å². The minimum Gasteiger partial charge on any atom is -0.471 e. The number of carbonyl (C=O) groups excluding carboxylic acids is 1. The van der Waals surface area contributed by atoms with Gasteiger partial charge in [-0.25, -0.2) is 26.6 Å². The van der Waals surface area contributed by atoms with Gasteiger partial charge in [-0.3, -0.25) is 4.79 Å². The molecule has 0 saturated heterocycles. The van der Waals surface area contributed by atoms with Crippen LogP contribution < -0.4 is 10.1 Å². The molecular formula is C17H9ClF5N3O2. The van der Waals surface area contributed by atoms with Gasteiger partial charge < -0.3 is 10.1 Å². The third kappa shape index (κ3) is 3.77. The van der Waals surface area contributed by atoms with Gasteiger partial charge in [-0.1, -0.05) is 11.6 Å². The molecular weight excluding hydrogens is 409 g/mol. The first-order valence-electron chi connectivity index (χ1n) is 7.52. The van der Waals surface area contributed by atoms with E-state index in [9.17, 15) is 26.7 Å². The molecule has 2 aromatic carbocycles. The zero-order chi connectivity index (χ0) is 20.4. The van der Waals surface area contributed by atoms with E-state index in [1.807, 2.05) is 0 Å². The fourth-order valence-electron chi connectivity index (χ4n) is 2.19. The Kier molecular flexibility index (Phi) is 5.50. The summed E-state index contributed by atoms with van der Waals surface area (Å²) in [4.78, 5) is 12.2. The normalized spacial score (nSPS) is 10.8. The Morgan fingerprint density at radius 3 is 2.14 bits per heavy atom. The largest absolute Gasteiger partial charge is 0.471 e. The predicted molar refractivity (Wildman–Crippen MR) is 88.5 cm³/mol. The molecule has 28 heavy (non-hydrogen) atoms. The van der Waals surface area contributed by atoms with Crippen LogP contribution in [-0.4, -0.2) is 15.7 Å². The molecule has 0 aliphatic heterocycles. The second-order valence-electron chi connectivity index (χ2n) is 5.34. The number of nitrogens with zero attached hydrogens (tertiary/aromatic N) is 2. The molecule has 1 amide bonds. The number of amides is 1. The molecule has 0 radical (unpaired) electrons. The van der Waals surface area contributed by atoms with Crippen molar-refractivity contribution >= 4 is 23.2 Å². The van der Waals surface area contributed by atoms with Crippen molar-refractivity contribution in [1.29, 1.82) is 0 Å². The number of ether oxygens (including phenoxy) is 1. The molecule has 3 rings (SSSR count). The lowest BCUT2D eigenvalue weighted by Gasteiger charge is -2.12. The molecule has 0 aliphatic carbocycles. The SMILES string of the molecule is O=C(Nc1c(F)c(F)c(F)c(F)c1F)c1ccnn1COc1ccc(Cl)cc1. The molecule has 0 unspecified atom stereocenters. The zero-order valence-electron chi connectivity index (χ0n) is 13.6. The van der Waals surface area contributed by atoms with Crippen LogP contribution in [0.3, 0.4) is 0 Å². The summed E-state index contributed by atoms with van der Waals surface area (Å²) in [5, 5.41) is 5.96. The van der Waals surface area contributed by atoms with Gasteiger partial charge in [-0.05, 0) is 30.3 Å². The van der Waals surface area contributed by atoms with Gasteiger partial charge in [0.25, 0.3) is 5.91 Å². The third-order valence-electron chi connectivity index (χ3n) is 3.56. The number of rotatable bonds is 5. The van der Waals surface area contributed by atoms with Gasteiger partial charge in [0.2, 0.25) is 5.82 Å². The molecule has 1 heterocycles. The van der Waals surface area contributed by atoms with Crippen LogP contribution in [0.4, 0.5) is 27.6 Å². The van der Waals surface area contributed by atoms with Gasteiger partial charge in [0.15, 0.2) is 30.0 Å². The van der Waals surface area contributed by atoms with Crippen LogP contribution in [0.2, 0.25) is 5.02 Å². The van der Waals surface area contributed by atoms with Crippen molar-refractivity contribution < 1.29 is 31.5 Å². The summed E-state index contributed by atoms with van der Waals surface area (Å²) in [7, 11) is 0. The summed E-state index contributed by atoms with van der Waals surface area (Å²) in [6.45, 7) is -0.269. The summed E-state index contributed by atoms with van der Waals surface area (Å²) in [6.07, 6.45) is 1.19. The molecule has 146 valence electrons. The summed E-state index contributed by atoms with van der Waals surface area (Å²) in [5.41, 5.74) is -1.70. The van der Waals surface area contributed by atoms with Gasteiger partial charge in [-0.15, -0.1) is 0 Å². The highest BCUT2D eigenvalue weighted by atomic mass is 35.5. The summed E-state index contributed by atoms with van der Waals surface area (Å²) >= 11 is 5.75. The fraction of sp³-hybridized carbons (Fsp3) is 0.0588. The molecule has 0 bridgehead atoms. The van der Waals surface area contributed by atoms with E-state index in [-0.39, 0.29) is 12.4 Å². The van der Waals surface area contributed by atoms with Gasteiger partial charge in [-0.2, -0.15) is 5.10 Å². The van der Waals surface area contributed by atoms with E-state index in [1.165, 1.54) is 12.3 Å². The topological polar surface area (TPSA) is 56.2 Å². The average molecular weight is 418 g/mol. The maximum Gasteiger partial charge on any atom is 0.274 e. The van der Waals surface area contributed by atoms with Crippen LogP contribution in [0, 0.1) is 29.1 Å². The van der Waals surface area contributed by atoms with Gasteiger partial charge in [0.1, 0.15) is 17.1 Å². The minimum absolute atomic E-state index is 0.238. The number of carbonyl (C=O) groups is 1. The van der Waals surface area contributed by atoms with Crippen molar-refractivity contribution in [2.75, 3.05) is 5.32 Å². The molecule has 1 N–H and O–H groups in total. The number of benzene rings is 2. The second-order valence-corrected chi connectivity index (χ2v) is 5.78. The smallest absolute Gasteiger partial charge is 0.274 e. The molecule has 0 saturated carbocycles. The number of hydrogen-bond acceptors (Lipinski definition) is 3. The van der Waals surface area contributed by atoms with Gasteiger partial charge >= 0.3 is 0 Å². The summed E-state index contributed by atoms with van der Waals surface area (Å²) in [5.74, 6) is -11.7. The van der Waals surface area contributed by atoms with E-state index in [1.54, 1.807) is 29.6 Å². The van der Waals surface area contributed by atoms with Gasteiger partial charge in [0, 0.05) is 11.2 Å². The van der Waals surface area contributed by atoms with Gasteiger partial charge in [0.05, 0.1) is 0 Å². The first-order valence-corrected chi connectivity index (χ1v) is 7.90. The Balaban J connectivity index is 1.80. The maximum atomic E-state index is 13.7. The zero-order valence-corrected chi connectivity index (χ0v) is 14.4. The monoisotopic (exact) mass is 417 g/mol. The molecule has 0 atom stereocenters. The molecule has 3 aromatic rings. The van der Waals surface area contributed by atoms with Crippen LogP contribution in [0.25, 0.3) is 0 Å². The highest BCUT2D eigenvalue weighted by Crippen LogP contribution is 2.27. The van der Waals surface area contributed by atoms with E-state index in [0.29, 0.717) is 10.8 Å². The molecule has 11 heteroatoms. The summed E-state index contributed by atoms with van der Waals surface area (Å²) < 4.78 is 73.4. The first-order chi connectivity index (χ1) is 13.3. The van der Waals surface area contributed by atoms with E-state index in [0.717, 1.165) is 4.68 Å². The number of nitrogens with one attached hydrogen (secondary N) is 1.